The summed E-state index contributed by atoms with van der Waals surface area (Å²) in [6, 6.07) is 2.80. The van der Waals surface area contributed by atoms with Crippen LogP contribution in [0.4, 0.5) is 14.5 Å². The molecule has 1 rings (SSSR count). The van der Waals surface area contributed by atoms with E-state index < -0.39 is 12.6 Å². The molecule has 0 bridgehead atoms. The van der Waals surface area contributed by atoms with Crippen LogP contribution in [-0.2, 0) is 16.0 Å². The van der Waals surface area contributed by atoms with Crippen LogP contribution in [-0.4, -0.2) is 19.2 Å². The van der Waals surface area contributed by atoms with Gasteiger partial charge in [-0.05, 0) is 18.6 Å². The summed E-state index contributed by atoms with van der Waals surface area (Å²) in [5.74, 6) is -0.831. The van der Waals surface area contributed by atoms with Gasteiger partial charge in [0.2, 0.25) is 0 Å². The van der Waals surface area contributed by atoms with Crippen LogP contribution in [0, 0.1) is 0 Å². The molecule has 0 atom stereocenters. The molecule has 0 saturated heterocycles. The van der Waals surface area contributed by atoms with Crippen LogP contribution >= 0.6 is 11.6 Å². The quantitative estimate of drug-likeness (QED) is 0.665. The second-order valence-electron chi connectivity index (χ2n) is 3.31. The first-order valence-electron chi connectivity index (χ1n) is 5.13. The van der Waals surface area contributed by atoms with E-state index >= 15 is 0 Å². The number of esters is 1. The summed E-state index contributed by atoms with van der Waals surface area (Å²) < 4.78 is 33.3. The zero-order valence-corrected chi connectivity index (χ0v) is 10.3. The normalized spacial score (nSPS) is 10.5. The van der Waals surface area contributed by atoms with E-state index in [1.165, 1.54) is 12.1 Å². The molecule has 0 aliphatic rings. The van der Waals surface area contributed by atoms with E-state index in [4.69, 9.17) is 22.1 Å². The van der Waals surface area contributed by atoms with Crippen LogP contribution in [0.1, 0.15) is 12.5 Å². The molecule has 0 aliphatic heterocycles. The van der Waals surface area contributed by atoms with E-state index in [-0.39, 0.29) is 29.5 Å². The average molecular weight is 280 g/mol. The van der Waals surface area contributed by atoms with Crippen LogP contribution in [0.2, 0.25) is 5.02 Å². The van der Waals surface area contributed by atoms with Crippen molar-refractivity contribution < 1.29 is 23.0 Å². The summed E-state index contributed by atoms with van der Waals surface area (Å²) >= 11 is 5.69. The number of benzene rings is 1. The first kappa shape index (κ1) is 14.5. The highest BCUT2D eigenvalue weighted by atomic mass is 35.5. The lowest BCUT2D eigenvalue weighted by atomic mass is 10.1. The van der Waals surface area contributed by atoms with Gasteiger partial charge in [-0.15, -0.1) is 0 Å². The van der Waals surface area contributed by atoms with Crippen molar-refractivity contribution in [2.75, 3.05) is 12.3 Å². The van der Waals surface area contributed by atoms with Gasteiger partial charge in [0.15, 0.2) is 5.75 Å². The molecule has 0 amide bonds. The number of halogens is 3. The molecule has 100 valence electrons. The summed E-state index contributed by atoms with van der Waals surface area (Å²) in [5, 5.41) is -0.0413. The molecule has 0 radical (unpaired) electrons. The fourth-order valence-corrected chi connectivity index (χ4v) is 1.55. The molecular weight excluding hydrogens is 268 g/mol. The lowest BCUT2D eigenvalue weighted by Crippen LogP contribution is -2.11. The van der Waals surface area contributed by atoms with Crippen LogP contribution < -0.4 is 10.5 Å². The van der Waals surface area contributed by atoms with E-state index in [0.29, 0.717) is 5.56 Å². The SMILES string of the molecule is CCOC(=O)Cc1ccc(Cl)c(OC(F)F)c1N. The van der Waals surface area contributed by atoms with Gasteiger partial charge in [-0.1, -0.05) is 17.7 Å². The van der Waals surface area contributed by atoms with E-state index in [1.807, 2.05) is 0 Å². The third-order valence-corrected chi connectivity index (χ3v) is 2.38. The third-order valence-electron chi connectivity index (χ3n) is 2.09. The second-order valence-corrected chi connectivity index (χ2v) is 3.72. The molecule has 1 aromatic rings. The van der Waals surface area contributed by atoms with Gasteiger partial charge in [-0.2, -0.15) is 8.78 Å². The molecule has 18 heavy (non-hydrogen) atoms. The molecule has 0 aliphatic carbocycles. The lowest BCUT2D eigenvalue weighted by molar-refractivity contribution is -0.142. The minimum absolute atomic E-state index is 0.0413. The van der Waals surface area contributed by atoms with Gasteiger partial charge in [0.05, 0.1) is 23.7 Å². The Morgan fingerprint density at radius 1 is 1.50 bits per heavy atom. The Morgan fingerprint density at radius 2 is 2.17 bits per heavy atom. The Labute approximate surface area is 108 Å². The Morgan fingerprint density at radius 3 is 2.72 bits per heavy atom. The summed E-state index contributed by atoms with van der Waals surface area (Å²) in [6.07, 6.45) is -0.129. The van der Waals surface area contributed by atoms with Gasteiger partial charge >= 0.3 is 12.6 Å². The molecular formula is C11H12ClF2NO3. The number of anilines is 1. The fourth-order valence-electron chi connectivity index (χ4n) is 1.34. The molecule has 0 fully saturated rings. The molecule has 0 aromatic heterocycles. The number of ether oxygens (including phenoxy) is 2. The second kappa shape index (κ2) is 6.39. The number of hydrogen-bond acceptors (Lipinski definition) is 4. The Bertz CT molecular complexity index is 441. The first-order chi connectivity index (χ1) is 8.45. The number of alkyl halides is 2. The number of nitrogens with two attached hydrogens (primary N) is 1. The minimum atomic E-state index is -3.04. The van der Waals surface area contributed by atoms with E-state index in [0.717, 1.165) is 0 Å². The fraction of sp³-hybridized carbons (Fsp3) is 0.364. The van der Waals surface area contributed by atoms with Crippen molar-refractivity contribution in [1.82, 2.24) is 0 Å². The van der Waals surface area contributed by atoms with Crippen molar-refractivity contribution in [2.24, 2.45) is 0 Å². The maximum absolute atomic E-state index is 12.2. The standard InChI is InChI=1S/C11H12ClF2NO3/c1-2-17-8(16)5-6-3-4-7(12)10(9(6)15)18-11(13)14/h3-4,11H,2,5,15H2,1H3. The maximum atomic E-state index is 12.2. The predicted molar refractivity (Wildman–Crippen MR) is 62.8 cm³/mol. The summed E-state index contributed by atoms with van der Waals surface area (Å²) in [5.41, 5.74) is 5.87. The van der Waals surface area contributed by atoms with Crippen LogP contribution in [0.25, 0.3) is 0 Å². The Balaban J connectivity index is 2.97. The summed E-state index contributed by atoms with van der Waals surface area (Å²) in [7, 11) is 0. The van der Waals surface area contributed by atoms with Crippen molar-refractivity contribution in [1.29, 1.82) is 0 Å². The Kier molecular flexibility index (Phi) is 5.15. The number of hydrogen-bond donors (Lipinski definition) is 1. The monoisotopic (exact) mass is 279 g/mol. The molecule has 4 nitrogen and oxygen atoms in total. The molecule has 2 N–H and O–H groups in total. The van der Waals surface area contributed by atoms with Gasteiger partial charge in [-0.25, -0.2) is 0 Å². The van der Waals surface area contributed by atoms with Crippen LogP contribution in [0.3, 0.4) is 0 Å². The number of rotatable bonds is 5. The van der Waals surface area contributed by atoms with Crippen LogP contribution in [0.15, 0.2) is 12.1 Å². The molecule has 0 heterocycles. The topological polar surface area (TPSA) is 61.5 Å². The van der Waals surface area contributed by atoms with Gasteiger partial charge in [0.25, 0.3) is 0 Å². The molecule has 0 unspecified atom stereocenters. The van der Waals surface area contributed by atoms with Crippen molar-refractivity contribution >= 4 is 23.3 Å². The average Bonchev–Trinajstić information content (AvgIpc) is 2.28. The van der Waals surface area contributed by atoms with E-state index in [1.54, 1.807) is 6.92 Å². The predicted octanol–water partition coefficient (Wildman–Crippen LogP) is 2.63. The molecule has 0 spiro atoms. The highest BCUT2D eigenvalue weighted by molar-refractivity contribution is 6.32. The maximum Gasteiger partial charge on any atom is 0.387 e. The van der Waals surface area contributed by atoms with Crippen molar-refractivity contribution in [3.05, 3.63) is 22.7 Å². The smallest absolute Gasteiger partial charge is 0.387 e. The number of carbonyl (C=O) groups is 1. The zero-order valence-electron chi connectivity index (χ0n) is 9.58. The highest BCUT2D eigenvalue weighted by Gasteiger charge is 2.17. The van der Waals surface area contributed by atoms with Crippen molar-refractivity contribution in [3.63, 3.8) is 0 Å². The van der Waals surface area contributed by atoms with Gasteiger partial charge in [0, 0.05) is 0 Å². The number of nitrogen functional groups attached to an aromatic ring is 1. The highest BCUT2D eigenvalue weighted by Crippen LogP contribution is 2.35. The molecule has 7 heteroatoms. The minimum Gasteiger partial charge on any atom is -0.466 e. The third kappa shape index (κ3) is 3.73. The zero-order chi connectivity index (χ0) is 13.7. The van der Waals surface area contributed by atoms with Crippen molar-refractivity contribution in [2.45, 2.75) is 20.0 Å². The first-order valence-corrected chi connectivity index (χ1v) is 5.50. The van der Waals surface area contributed by atoms with Gasteiger partial charge in [0.1, 0.15) is 0 Å². The van der Waals surface area contributed by atoms with Gasteiger partial charge < -0.3 is 15.2 Å². The summed E-state index contributed by atoms with van der Waals surface area (Å²) in [6.45, 7) is -1.15. The largest absolute Gasteiger partial charge is 0.466 e. The van der Waals surface area contributed by atoms with Gasteiger partial charge in [-0.3, -0.25) is 4.79 Å². The Hall–Kier alpha value is -1.56. The van der Waals surface area contributed by atoms with E-state index in [9.17, 15) is 13.6 Å². The lowest BCUT2D eigenvalue weighted by Gasteiger charge is -2.13. The molecule has 0 saturated carbocycles. The van der Waals surface area contributed by atoms with E-state index in [2.05, 4.69) is 4.74 Å². The molecule has 1 aromatic carbocycles. The van der Waals surface area contributed by atoms with Crippen LogP contribution in [0.5, 0.6) is 5.75 Å². The summed E-state index contributed by atoms with van der Waals surface area (Å²) in [4.78, 5) is 11.3. The number of carbonyl (C=O) groups excluding carboxylic acids is 1. The van der Waals surface area contributed by atoms with Crippen molar-refractivity contribution in [3.8, 4) is 5.75 Å².